The molecule has 0 bridgehead atoms. The van der Waals surface area contributed by atoms with Crippen molar-refractivity contribution in [1.29, 1.82) is 0 Å². The Kier molecular flexibility index (Phi) is 19.4. The molecule has 0 aliphatic carbocycles. The van der Waals surface area contributed by atoms with Crippen LogP contribution in [0.3, 0.4) is 0 Å². The van der Waals surface area contributed by atoms with E-state index in [0.717, 1.165) is 28.0 Å². The molecule has 0 spiro atoms. The Morgan fingerprint density at radius 1 is 0.875 bits per heavy atom. The highest BCUT2D eigenvalue weighted by atomic mass is 19.4. The van der Waals surface area contributed by atoms with Gasteiger partial charge >= 0.3 is 13.0 Å². The summed E-state index contributed by atoms with van der Waals surface area (Å²) >= 11 is 0. The number of ether oxygens (including phenoxy) is 2. The van der Waals surface area contributed by atoms with E-state index >= 15 is 0 Å². The molecule has 3 aromatic rings. The number of benzene rings is 3. The molecule has 0 radical (unpaired) electrons. The Bertz CT molecular complexity index is 1460. The average Bonchev–Trinajstić information content (AvgIpc) is 3.06. The molecule has 0 aliphatic heterocycles. The summed E-state index contributed by atoms with van der Waals surface area (Å²) in [6.07, 6.45) is 9.35. The third-order valence-electron chi connectivity index (χ3n) is 6.07. The van der Waals surface area contributed by atoms with Gasteiger partial charge in [0.1, 0.15) is 17.3 Å². The first-order valence-electron chi connectivity index (χ1n) is 15.2. The van der Waals surface area contributed by atoms with Gasteiger partial charge in [-0.15, -0.1) is 26.0 Å². The van der Waals surface area contributed by atoms with E-state index in [4.69, 9.17) is 0 Å². The zero-order valence-corrected chi connectivity index (χ0v) is 28.0. The van der Waals surface area contributed by atoms with Gasteiger partial charge in [0.05, 0.1) is 0 Å². The molecular weight excluding hydrogens is 625 g/mol. The molecule has 48 heavy (non-hydrogen) atoms. The molecule has 258 valence electrons. The van der Waals surface area contributed by atoms with E-state index in [2.05, 4.69) is 51.4 Å². The van der Waals surface area contributed by atoms with E-state index < -0.39 is 13.0 Å². The van der Waals surface area contributed by atoms with Crippen molar-refractivity contribution in [2.24, 2.45) is 4.99 Å². The molecule has 10 heteroatoms. The molecule has 3 rings (SSSR count). The molecule has 0 aromatic heterocycles. The van der Waals surface area contributed by atoms with Crippen molar-refractivity contribution in [3.8, 4) is 18.6 Å². The van der Waals surface area contributed by atoms with E-state index in [1.165, 1.54) is 31.6 Å². The summed E-state index contributed by atoms with van der Waals surface area (Å²) in [6, 6.07) is 25.8. The lowest BCUT2D eigenvalue weighted by molar-refractivity contribution is -0.305. The second kappa shape index (κ2) is 22.6. The van der Waals surface area contributed by atoms with Gasteiger partial charge in [-0.25, -0.2) is 0 Å². The van der Waals surface area contributed by atoms with Crippen molar-refractivity contribution < 1.29 is 31.4 Å². The maximum atomic E-state index is 12.6. The van der Waals surface area contributed by atoms with Crippen LogP contribution in [0.15, 0.2) is 119 Å². The van der Waals surface area contributed by atoms with Crippen molar-refractivity contribution in [2.45, 2.75) is 53.6 Å². The first-order valence-corrected chi connectivity index (χ1v) is 15.2. The fourth-order valence-corrected chi connectivity index (χ4v) is 4.16. The average molecular weight is 670 g/mol. The highest BCUT2D eigenvalue weighted by Gasteiger charge is 2.30. The van der Waals surface area contributed by atoms with Crippen molar-refractivity contribution in [3.63, 3.8) is 0 Å². The van der Waals surface area contributed by atoms with Gasteiger partial charge < -0.3 is 14.8 Å². The zero-order chi connectivity index (χ0) is 36.0. The Hall–Kier alpha value is -4.88. The number of hydrogen-bond acceptors (Lipinski definition) is 4. The topological polar surface area (TPSA) is 46.1 Å². The van der Waals surface area contributed by atoms with E-state index in [1.54, 1.807) is 32.2 Å². The Balaban J connectivity index is 0.00000218. The minimum Gasteiger partial charge on any atom is -0.435 e. The largest absolute Gasteiger partial charge is 0.572 e. The van der Waals surface area contributed by atoms with Crippen LogP contribution in [-0.4, -0.2) is 43.8 Å². The summed E-state index contributed by atoms with van der Waals surface area (Å²) in [5.41, 5.74) is 4.28. The first kappa shape index (κ1) is 41.1. The standard InChI is InChI=1S/C33H34F5N3O2.C3H8.C2H2/c1-24(14-15-25(2)43-33(36,37)38)22-41(23-26-16-18-29(19-17-26)42-32(34)35)21-20-30(27-10-6-4-7-11-27)40-31(39-3)28-12-8-5-9-13-28;1-3-2;1-2/h4-20,32H,21-23H2,1-3H3,(H,39,40);3H2,1-2H3;1-2H/b24-14+,25-15+,30-20+;;. The van der Waals surface area contributed by atoms with Crippen molar-refractivity contribution >= 4 is 11.5 Å². The molecule has 3 aromatic carbocycles. The van der Waals surface area contributed by atoms with Crippen LogP contribution in [0.1, 0.15) is 50.8 Å². The van der Waals surface area contributed by atoms with Crippen LogP contribution in [0.5, 0.6) is 5.75 Å². The number of nitrogens with one attached hydrogen (secondary N) is 1. The van der Waals surface area contributed by atoms with Gasteiger partial charge in [0, 0.05) is 37.9 Å². The second-order valence-corrected chi connectivity index (χ2v) is 10.3. The molecule has 0 saturated carbocycles. The van der Waals surface area contributed by atoms with Crippen LogP contribution in [0.25, 0.3) is 5.70 Å². The van der Waals surface area contributed by atoms with Crippen LogP contribution in [0, 0.1) is 12.8 Å². The van der Waals surface area contributed by atoms with Crippen molar-refractivity contribution in [3.05, 3.63) is 131 Å². The van der Waals surface area contributed by atoms with Crippen LogP contribution in [-0.2, 0) is 11.3 Å². The van der Waals surface area contributed by atoms with Gasteiger partial charge in [-0.1, -0.05) is 105 Å². The SMILES string of the molecule is C#C.CCC.CN=C(N/C(=C/CN(C/C(C)=C/C=C(\C)OC(F)(F)F)Cc1ccc(OC(F)F)cc1)c1ccccc1)c1ccccc1. The fraction of sp³-hybridized carbons (Fsp3) is 0.289. The number of nitrogens with zero attached hydrogens (tertiary/aromatic N) is 2. The highest BCUT2D eigenvalue weighted by molar-refractivity contribution is 6.03. The molecule has 0 aliphatic rings. The van der Waals surface area contributed by atoms with Gasteiger partial charge in [0.2, 0.25) is 0 Å². The van der Waals surface area contributed by atoms with Crippen LogP contribution >= 0.6 is 0 Å². The minimum absolute atomic E-state index is 0.0504. The number of halogens is 5. The molecule has 0 heterocycles. The Morgan fingerprint density at radius 3 is 1.92 bits per heavy atom. The molecule has 0 amide bonds. The van der Waals surface area contributed by atoms with E-state index in [-0.39, 0.29) is 11.5 Å². The Morgan fingerprint density at radius 2 is 1.42 bits per heavy atom. The Labute approximate surface area is 281 Å². The van der Waals surface area contributed by atoms with Crippen LogP contribution in [0.2, 0.25) is 0 Å². The maximum absolute atomic E-state index is 12.6. The molecule has 0 atom stereocenters. The summed E-state index contributed by atoms with van der Waals surface area (Å²) in [5.74, 6) is 0.448. The number of amidine groups is 1. The summed E-state index contributed by atoms with van der Waals surface area (Å²) in [5, 5.41) is 3.45. The maximum Gasteiger partial charge on any atom is 0.572 e. The van der Waals surface area contributed by atoms with Crippen molar-refractivity contribution in [2.75, 3.05) is 20.1 Å². The minimum atomic E-state index is -4.76. The van der Waals surface area contributed by atoms with E-state index in [9.17, 15) is 22.0 Å². The smallest absolute Gasteiger partial charge is 0.435 e. The van der Waals surface area contributed by atoms with Gasteiger partial charge in [0.15, 0.2) is 0 Å². The van der Waals surface area contributed by atoms with Gasteiger partial charge in [0.25, 0.3) is 0 Å². The van der Waals surface area contributed by atoms with Gasteiger partial charge in [-0.2, -0.15) is 8.78 Å². The third-order valence-corrected chi connectivity index (χ3v) is 6.07. The molecular formula is C38H44F5N3O2. The number of hydrogen-bond donors (Lipinski definition) is 1. The monoisotopic (exact) mass is 669 g/mol. The molecule has 0 fully saturated rings. The number of aliphatic imine (C=N–C) groups is 1. The molecule has 0 unspecified atom stereocenters. The summed E-state index contributed by atoms with van der Waals surface area (Å²) in [6.45, 7) is 5.63. The number of allylic oxidation sites excluding steroid dienone is 3. The lowest BCUT2D eigenvalue weighted by Gasteiger charge is -2.23. The van der Waals surface area contributed by atoms with Gasteiger partial charge in [-0.05, 0) is 49.3 Å². The summed E-state index contributed by atoms with van der Waals surface area (Å²) < 4.78 is 71.3. The van der Waals surface area contributed by atoms with Gasteiger partial charge in [-0.3, -0.25) is 9.89 Å². The predicted octanol–water partition coefficient (Wildman–Crippen LogP) is 9.85. The quantitative estimate of drug-likeness (QED) is 0.0492. The van der Waals surface area contributed by atoms with Crippen molar-refractivity contribution in [1.82, 2.24) is 10.2 Å². The number of alkyl halides is 5. The summed E-state index contributed by atoms with van der Waals surface area (Å²) in [7, 11) is 1.71. The third kappa shape index (κ3) is 17.2. The van der Waals surface area contributed by atoms with Crippen LogP contribution in [0.4, 0.5) is 22.0 Å². The predicted molar refractivity (Wildman–Crippen MR) is 185 cm³/mol. The second-order valence-electron chi connectivity index (χ2n) is 10.3. The molecule has 5 nitrogen and oxygen atoms in total. The van der Waals surface area contributed by atoms with Crippen LogP contribution < -0.4 is 10.1 Å². The van der Waals surface area contributed by atoms with E-state index in [0.29, 0.717) is 25.5 Å². The fourth-order valence-electron chi connectivity index (χ4n) is 4.16. The lowest BCUT2D eigenvalue weighted by atomic mass is 10.1. The first-order chi connectivity index (χ1) is 22.9. The molecule has 1 N–H and O–H groups in total. The summed E-state index contributed by atoms with van der Waals surface area (Å²) in [4.78, 5) is 6.51. The number of rotatable bonds is 13. The zero-order valence-electron chi connectivity index (χ0n) is 28.0. The van der Waals surface area contributed by atoms with E-state index in [1.807, 2.05) is 66.7 Å². The highest BCUT2D eigenvalue weighted by Crippen LogP contribution is 2.21. The molecule has 0 saturated heterocycles. The lowest BCUT2D eigenvalue weighted by Crippen LogP contribution is -2.28. The number of terminal acetylenes is 1. The normalized spacial score (nSPS) is 12.5.